The molecule has 1 aromatic carbocycles. The lowest BCUT2D eigenvalue weighted by Gasteiger charge is -2.56. The van der Waals surface area contributed by atoms with Crippen molar-refractivity contribution < 1.29 is 39.6 Å². The van der Waals surface area contributed by atoms with E-state index in [4.69, 9.17) is 5.73 Å². The fourth-order valence-electron chi connectivity index (χ4n) is 7.99. The highest BCUT2D eigenvalue weighted by Gasteiger charge is 2.72. The molecule has 0 amide bonds. The molecule has 0 saturated heterocycles. The number of hydrogen-bond acceptors (Lipinski definition) is 10. The van der Waals surface area contributed by atoms with E-state index in [9.17, 15) is 39.6 Å². The van der Waals surface area contributed by atoms with E-state index in [1.165, 1.54) is 19.0 Å². The normalized spacial score (nSPS) is 39.1. The number of ketones is 4. The molecule has 10 nitrogen and oxygen atoms in total. The summed E-state index contributed by atoms with van der Waals surface area (Å²) in [5.74, 6) is -11.0. The Balaban J connectivity index is 1.69. The maximum absolute atomic E-state index is 14.1. The second kappa shape index (κ2) is 8.76. The second-order valence-corrected chi connectivity index (χ2v) is 12.2. The average Bonchev–Trinajstić information content (AvgIpc) is 3.28. The van der Waals surface area contributed by atoms with Crippen molar-refractivity contribution in [1.29, 1.82) is 0 Å². The highest BCUT2D eigenvalue weighted by molar-refractivity contribution is 6.27. The van der Waals surface area contributed by atoms with Crippen LogP contribution in [0.5, 0.6) is 5.75 Å². The number of aliphatic hydroxyl groups is 3. The number of phenols is 1. The van der Waals surface area contributed by atoms with Crippen molar-refractivity contribution in [3.8, 4) is 5.75 Å². The standard InChI is InChI=1S/C28H36N2O8/c1-11-12-7-8-13(27(2)9-5-6-10-27)20(31)15(12)21(32)16-14(11)22(33)18-19(30(3)4)23(34)17(26(29)37)25(36)28(18,38)24(16)35/h7-8,11,14,16-19,22,26,31,33,37-38H,5-6,9-10,29H2,1-4H3/t11-,14+,16?,17?,18+,19-,22-,26?,28-/m0/s1. The molecule has 3 saturated carbocycles. The summed E-state index contributed by atoms with van der Waals surface area (Å²) < 4.78 is 0. The maximum Gasteiger partial charge on any atom is 0.190 e. The average molecular weight is 529 g/mol. The number of nitrogens with zero attached hydrogens (tertiary/aromatic N) is 1. The van der Waals surface area contributed by atoms with Crippen LogP contribution in [-0.2, 0) is 19.8 Å². The third-order valence-electron chi connectivity index (χ3n) is 9.95. The molecule has 9 atom stereocenters. The fourth-order valence-corrected chi connectivity index (χ4v) is 7.99. The van der Waals surface area contributed by atoms with E-state index in [2.05, 4.69) is 0 Å². The van der Waals surface area contributed by atoms with Gasteiger partial charge in [0.25, 0.3) is 0 Å². The summed E-state index contributed by atoms with van der Waals surface area (Å²) in [6, 6.07) is 2.25. The van der Waals surface area contributed by atoms with Gasteiger partial charge in [0, 0.05) is 11.5 Å². The SMILES string of the molecule is C[C@H]1c2ccc(C3(C)CCCC3)c(O)c2C(=O)C2C(=O)[C@]3(O)C(=O)C(C(N)O)C(=O)[C@@H](N(C)C)[C@@H]3[C@@H](O)[C@@H]21. The topological polar surface area (TPSA) is 178 Å². The minimum Gasteiger partial charge on any atom is -0.507 e. The van der Waals surface area contributed by atoms with Gasteiger partial charge in [-0.1, -0.05) is 38.8 Å². The number of phenolic OH excluding ortho intramolecular Hbond substituents is 1. The van der Waals surface area contributed by atoms with Crippen LogP contribution in [0.15, 0.2) is 12.1 Å². The lowest BCUT2D eigenvalue weighted by atomic mass is 9.49. The van der Waals surface area contributed by atoms with Gasteiger partial charge in [-0.2, -0.15) is 0 Å². The third kappa shape index (κ3) is 3.30. The van der Waals surface area contributed by atoms with Gasteiger partial charge in [-0.25, -0.2) is 0 Å². The van der Waals surface area contributed by atoms with Crippen LogP contribution in [0.1, 0.15) is 66.9 Å². The molecule has 10 heteroatoms. The Hall–Kier alpha value is -2.50. The summed E-state index contributed by atoms with van der Waals surface area (Å²) in [4.78, 5) is 56.2. The summed E-state index contributed by atoms with van der Waals surface area (Å²) in [5.41, 5.74) is 3.35. The molecule has 0 aromatic heterocycles. The Morgan fingerprint density at radius 3 is 2.24 bits per heavy atom. The molecular weight excluding hydrogens is 492 g/mol. The molecule has 3 unspecified atom stereocenters. The molecule has 1 aromatic rings. The summed E-state index contributed by atoms with van der Waals surface area (Å²) in [6.07, 6.45) is 0.0781. The number of benzene rings is 1. The molecule has 3 fully saturated rings. The summed E-state index contributed by atoms with van der Waals surface area (Å²) in [5, 5.41) is 44.9. The Morgan fingerprint density at radius 1 is 1.08 bits per heavy atom. The van der Waals surface area contributed by atoms with Crippen molar-refractivity contribution in [2.75, 3.05) is 14.1 Å². The summed E-state index contributed by atoms with van der Waals surface area (Å²) >= 11 is 0. The van der Waals surface area contributed by atoms with Crippen molar-refractivity contribution >= 4 is 23.1 Å². The van der Waals surface area contributed by atoms with Crippen LogP contribution >= 0.6 is 0 Å². The predicted octanol–water partition coefficient (Wildman–Crippen LogP) is 0.0223. The van der Waals surface area contributed by atoms with Crippen LogP contribution in [0, 0.1) is 23.7 Å². The molecule has 0 radical (unpaired) electrons. The molecule has 4 aliphatic carbocycles. The van der Waals surface area contributed by atoms with Crippen LogP contribution in [-0.4, -0.2) is 86.5 Å². The van der Waals surface area contributed by atoms with E-state index in [0.29, 0.717) is 11.1 Å². The van der Waals surface area contributed by atoms with Gasteiger partial charge >= 0.3 is 0 Å². The van der Waals surface area contributed by atoms with Crippen LogP contribution < -0.4 is 5.73 Å². The molecule has 6 N–H and O–H groups in total. The smallest absolute Gasteiger partial charge is 0.190 e. The number of carbonyl (C=O) groups is 4. The number of Topliss-reactive ketones (excluding diaryl/α,β-unsaturated/α-hetero) is 4. The first-order valence-electron chi connectivity index (χ1n) is 13.2. The van der Waals surface area contributed by atoms with Gasteiger partial charge in [-0.15, -0.1) is 0 Å². The van der Waals surface area contributed by atoms with Gasteiger partial charge in [0.15, 0.2) is 28.7 Å². The Kier molecular flexibility index (Phi) is 6.24. The molecule has 0 spiro atoms. The number of rotatable bonds is 3. The first-order chi connectivity index (χ1) is 17.7. The van der Waals surface area contributed by atoms with E-state index in [0.717, 1.165) is 25.7 Å². The second-order valence-electron chi connectivity index (χ2n) is 12.2. The molecule has 206 valence electrons. The zero-order valence-electron chi connectivity index (χ0n) is 22.0. The van der Waals surface area contributed by atoms with E-state index < -0.39 is 76.7 Å². The molecule has 0 bridgehead atoms. The number of hydrogen-bond donors (Lipinski definition) is 5. The zero-order chi connectivity index (χ0) is 28.1. The Bertz CT molecular complexity index is 1240. The van der Waals surface area contributed by atoms with Crippen molar-refractivity contribution in [2.45, 2.75) is 74.8 Å². The van der Waals surface area contributed by atoms with Crippen LogP contribution in [0.2, 0.25) is 0 Å². The molecule has 0 aliphatic heterocycles. The van der Waals surface area contributed by atoms with Gasteiger partial charge in [0.05, 0.1) is 29.5 Å². The van der Waals surface area contributed by atoms with E-state index >= 15 is 0 Å². The van der Waals surface area contributed by atoms with E-state index in [-0.39, 0.29) is 16.7 Å². The Morgan fingerprint density at radius 2 is 1.68 bits per heavy atom. The lowest BCUT2D eigenvalue weighted by molar-refractivity contribution is -0.199. The number of carbonyl (C=O) groups excluding carboxylic acids is 4. The minimum atomic E-state index is -2.92. The van der Waals surface area contributed by atoms with Crippen molar-refractivity contribution in [1.82, 2.24) is 4.90 Å². The van der Waals surface area contributed by atoms with Gasteiger partial charge in [0.1, 0.15) is 17.9 Å². The first-order valence-corrected chi connectivity index (χ1v) is 13.2. The van der Waals surface area contributed by atoms with Crippen molar-refractivity contribution in [3.05, 3.63) is 28.8 Å². The number of fused-ring (bicyclic) bond motifs is 3. The first kappa shape index (κ1) is 27.1. The number of aromatic hydroxyl groups is 1. The molecule has 5 rings (SSSR count). The summed E-state index contributed by atoms with van der Waals surface area (Å²) in [6.45, 7) is 3.75. The molecule has 0 heterocycles. The predicted molar refractivity (Wildman–Crippen MR) is 134 cm³/mol. The van der Waals surface area contributed by atoms with Gasteiger partial charge in [0.2, 0.25) is 0 Å². The van der Waals surface area contributed by atoms with Crippen LogP contribution in [0.4, 0.5) is 0 Å². The molecule has 38 heavy (non-hydrogen) atoms. The van der Waals surface area contributed by atoms with E-state index in [1.54, 1.807) is 19.1 Å². The van der Waals surface area contributed by atoms with Gasteiger partial charge < -0.3 is 26.2 Å². The largest absolute Gasteiger partial charge is 0.507 e. The number of nitrogens with two attached hydrogens (primary N) is 1. The molecule has 4 aliphatic rings. The number of aliphatic hydroxyl groups excluding tert-OH is 2. The maximum atomic E-state index is 14.1. The van der Waals surface area contributed by atoms with Crippen molar-refractivity contribution in [2.24, 2.45) is 29.4 Å². The highest BCUT2D eigenvalue weighted by Crippen LogP contribution is 2.56. The van der Waals surface area contributed by atoms with Crippen LogP contribution in [0.3, 0.4) is 0 Å². The molecular formula is C28H36N2O8. The fraction of sp³-hybridized carbons (Fsp3) is 0.643. The number of likely N-dealkylation sites (N-methyl/N-ethyl adjacent to an activating group) is 1. The monoisotopic (exact) mass is 528 g/mol. The highest BCUT2D eigenvalue weighted by atomic mass is 16.3. The van der Waals surface area contributed by atoms with Gasteiger partial charge in [-0.3, -0.25) is 24.1 Å². The summed E-state index contributed by atoms with van der Waals surface area (Å²) in [7, 11) is 2.99. The Labute approximate surface area is 220 Å². The van der Waals surface area contributed by atoms with Crippen LogP contribution in [0.25, 0.3) is 0 Å². The zero-order valence-corrected chi connectivity index (χ0v) is 22.0. The van der Waals surface area contributed by atoms with E-state index in [1.807, 2.05) is 6.92 Å². The lowest BCUT2D eigenvalue weighted by Crippen LogP contribution is -2.78. The van der Waals surface area contributed by atoms with Gasteiger partial charge in [-0.05, 0) is 43.8 Å². The third-order valence-corrected chi connectivity index (χ3v) is 9.95. The quantitative estimate of drug-likeness (QED) is 0.265. The minimum absolute atomic E-state index is 0.0223. The van der Waals surface area contributed by atoms with Crippen molar-refractivity contribution in [3.63, 3.8) is 0 Å².